The van der Waals surface area contributed by atoms with E-state index in [4.69, 9.17) is 10.2 Å². The third-order valence-corrected chi connectivity index (χ3v) is 3.78. The molecule has 8 heteroatoms. The highest BCUT2D eigenvalue weighted by Gasteiger charge is 2.42. The first-order chi connectivity index (χ1) is 12.3. The van der Waals surface area contributed by atoms with Gasteiger partial charge >= 0.3 is 6.18 Å². The number of primary amides is 1. The van der Waals surface area contributed by atoms with Crippen molar-refractivity contribution in [2.45, 2.75) is 12.2 Å². The van der Waals surface area contributed by atoms with Gasteiger partial charge < -0.3 is 15.5 Å². The predicted octanol–water partition coefficient (Wildman–Crippen LogP) is 3.57. The van der Waals surface area contributed by atoms with E-state index in [2.05, 4.69) is 0 Å². The second kappa shape index (κ2) is 6.55. The number of furan rings is 1. The van der Waals surface area contributed by atoms with Gasteiger partial charge in [0.25, 0.3) is 5.91 Å². The van der Waals surface area contributed by atoms with Crippen LogP contribution in [0.2, 0.25) is 0 Å². The van der Waals surface area contributed by atoms with Crippen LogP contribution < -0.4 is 11.1 Å². The van der Waals surface area contributed by atoms with Crippen molar-refractivity contribution in [2.24, 2.45) is 5.73 Å². The van der Waals surface area contributed by atoms with Crippen LogP contribution in [0, 0.1) is 0 Å². The summed E-state index contributed by atoms with van der Waals surface area (Å²) in [6.45, 7) is 0. The molecule has 3 aromatic rings. The Hall–Kier alpha value is -3.29. The number of benzene rings is 2. The van der Waals surface area contributed by atoms with Crippen molar-refractivity contribution in [2.75, 3.05) is 0 Å². The molecule has 0 radical (unpaired) electrons. The maximum absolute atomic E-state index is 13.4. The van der Waals surface area contributed by atoms with Gasteiger partial charge in [-0.3, -0.25) is 9.59 Å². The molecule has 0 aliphatic rings. The summed E-state index contributed by atoms with van der Waals surface area (Å²) < 4.78 is 45.5. The Morgan fingerprint density at radius 1 is 1.04 bits per heavy atom. The highest BCUT2D eigenvalue weighted by atomic mass is 19.4. The molecule has 0 aliphatic carbocycles. The standard InChI is InChI=1S/C18H13F3N2O3/c19-18(20,21)15(10-5-7-11(8-6-10)16(22)24)23-17(25)14-9-12-3-1-2-4-13(12)26-14/h1-9,15H,(H2,22,24)(H,23,25). The summed E-state index contributed by atoms with van der Waals surface area (Å²) in [4.78, 5) is 23.3. The third kappa shape index (κ3) is 3.53. The zero-order valence-electron chi connectivity index (χ0n) is 13.2. The maximum atomic E-state index is 13.4. The van der Waals surface area contributed by atoms with Gasteiger partial charge in [0, 0.05) is 10.9 Å². The Morgan fingerprint density at radius 3 is 2.27 bits per heavy atom. The molecule has 1 heterocycles. The van der Waals surface area contributed by atoms with Crippen molar-refractivity contribution >= 4 is 22.8 Å². The van der Waals surface area contributed by atoms with Crippen LogP contribution in [0.4, 0.5) is 13.2 Å². The van der Waals surface area contributed by atoms with Crippen molar-refractivity contribution < 1.29 is 27.2 Å². The molecule has 26 heavy (non-hydrogen) atoms. The molecule has 0 saturated carbocycles. The lowest BCUT2D eigenvalue weighted by Crippen LogP contribution is -2.38. The number of hydrogen-bond donors (Lipinski definition) is 2. The summed E-state index contributed by atoms with van der Waals surface area (Å²) in [5.41, 5.74) is 5.31. The Bertz CT molecular complexity index is 929. The summed E-state index contributed by atoms with van der Waals surface area (Å²) in [6.07, 6.45) is -4.74. The van der Waals surface area contributed by atoms with Crippen LogP contribution in [0.25, 0.3) is 11.0 Å². The average molecular weight is 362 g/mol. The van der Waals surface area contributed by atoms with Crippen molar-refractivity contribution in [3.05, 3.63) is 71.5 Å². The molecule has 0 aliphatic heterocycles. The van der Waals surface area contributed by atoms with Crippen LogP contribution in [0.15, 0.2) is 59.0 Å². The Kier molecular flexibility index (Phi) is 4.41. The van der Waals surface area contributed by atoms with Crippen LogP contribution >= 0.6 is 0 Å². The molecule has 134 valence electrons. The first kappa shape index (κ1) is 17.5. The highest BCUT2D eigenvalue weighted by molar-refractivity contribution is 5.96. The Balaban J connectivity index is 1.88. The number of nitrogens with two attached hydrogens (primary N) is 1. The van der Waals surface area contributed by atoms with Gasteiger partial charge in [-0.2, -0.15) is 13.2 Å². The van der Waals surface area contributed by atoms with Gasteiger partial charge in [-0.15, -0.1) is 0 Å². The molecular weight excluding hydrogens is 349 g/mol. The van der Waals surface area contributed by atoms with Crippen LogP contribution in [0.3, 0.4) is 0 Å². The van der Waals surface area contributed by atoms with Gasteiger partial charge in [-0.05, 0) is 29.8 Å². The number of halogens is 3. The lowest BCUT2D eigenvalue weighted by molar-refractivity contribution is -0.155. The molecule has 2 amide bonds. The molecule has 2 aromatic carbocycles. The molecule has 0 spiro atoms. The number of amides is 2. The Morgan fingerprint density at radius 2 is 1.69 bits per heavy atom. The molecule has 5 nitrogen and oxygen atoms in total. The second-order valence-electron chi connectivity index (χ2n) is 5.58. The van der Waals surface area contributed by atoms with E-state index >= 15 is 0 Å². The van der Waals surface area contributed by atoms with Gasteiger partial charge in [-0.1, -0.05) is 30.3 Å². The monoisotopic (exact) mass is 362 g/mol. The largest absolute Gasteiger partial charge is 0.451 e. The summed E-state index contributed by atoms with van der Waals surface area (Å²) in [6, 6.07) is 10.3. The molecule has 0 fully saturated rings. The topological polar surface area (TPSA) is 85.3 Å². The lowest BCUT2D eigenvalue weighted by Gasteiger charge is -2.21. The van der Waals surface area contributed by atoms with E-state index in [1.54, 1.807) is 24.3 Å². The van der Waals surface area contributed by atoms with E-state index in [0.717, 1.165) is 12.1 Å². The fourth-order valence-electron chi connectivity index (χ4n) is 2.49. The zero-order valence-corrected chi connectivity index (χ0v) is 13.2. The van der Waals surface area contributed by atoms with Gasteiger partial charge in [-0.25, -0.2) is 0 Å². The summed E-state index contributed by atoms with van der Waals surface area (Å²) in [5, 5.41) is 2.53. The number of alkyl halides is 3. The average Bonchev–Trinajstić information content (AvgIpc) is 3.03. The van der Waals surface area contributed by atoms with Crippen LogP contribution in [0.5, 0.6) is 0 Å². The van der Waals surface area contributed by atoms with E-state index < -0.39 is 24.0 Å². The number of carbonyl (C=O) groups excluding carboxylic acids is 2. The first-order valence-corrected chi connectivity index (χ1v) is 7.51. The van der Waals surface area contributed by atoms with E-state index in [1.807, 2.05) is 5.32 Å². The normalized spacial score (nSPS) is 12.7. The third-order valence-electron chi connectivity index (χ3n) is 3.78. The lowest BCUT2D eigenvalue weighted by atomic mass is 10.0. The highest BCUT2D eigenvalue weighted by Crippen LogP contribution is 2.33. The van der Waals surface area contributed by atoms with Crippen molar-refractivity contribution in [3.63, 3.8) is 0 Å². The quantitative estimate of drug-likeness (QED) is 0.744. The molecular formula is C18H13F3N2O3. The number of nitrogens with one attached hydrogen (secondary N) is 1. The van der Waals surface area contributed by atoms with Crippen molar-refractivity contribution in [3.8, 4) is 0 Å². The van der Waals surface area contributed by atoms with Gasteiger partial charge in [0.15, 0.2) is 11.8 Å². The van der Waals surface area contributed by atoms with Crippen LogP contribution in [-0.4, -0.2) is 18.0 Å². The van der Waals surface area contributed by atoms with E-state index in [0.29, 0.717) is 11.0 Å². The van der Waals surface area contributed by atoms with Crippen LogP contribution in [-0.2, 0) is 0 Å². The van der Waals surface area contributed by atoms with Gasteiger partial charge in [0.1, 0.15) is 5.58 Å². The fraction of sp³-hybridized carbons (Fsp3) is 0.111. The number of para-hydroxylation sites is 1. The minimum Gasteiger partial charge on any atom is -0.451 e. The smallest absolute Gasteiger partial charge is 0.412 e. The Labute approximate surface area is 145 Å². The number of rotatable bonds is 4. The summed E-state index contributed by atoms with van der Waals surface area (Å²) in [7, 11) is 0. The molecule has 1 aromatic heterocycles. The fourth-order valence-corrected chi connectivity index (χ4v) is 2.49. The molecule has 1 atom stereocenters. The van der Waals surface area contributed by atoms with Crippen molar-refractivity contribution in [1.82, 2.24) is 5.32 Å². The number of hydrogen-bond acceptors (Lipinski definition) is 3. The van der Waals surface area contributed by atoms with E-state index in [1.165, 1.54) is 18.2 Å². The number of fused-ring (bicyclic) bond motifs is 1. The summed E-state index contributed by atoms with van der Waals surface area (Å²) >= 11 is 0. The summed E-state index contributed by atoms with van der Waals surface area (Å²) in [5.74, 6) is -1.98. The van der Waals surface area contributed by atoms with E-state index in [-0.39, 0.29) is 16.9 Å². The SMILES string of the molecule is NC(=O)c1ccc(C(NC(=O)c2cc3ccccc3o2)C(F)(F)F)cc1. The first-order valence-electron chi connectivity index (χ1n) is 7.51. The minimum absolute atomic E-state index is 0.0679. The second-order valence-corrected chi connectivity index (χ2v) is 5.58. The minimum atomic E-state index is -4.74. The molecule has 1 unspecified atom stereocenters. The zero-order chi connectivity index (χ0) is 18.9. The molecule has 3 rings (SSSR count). The van der Waals surface area contributed by atoms with Crippen molar-refractivity contribution in [1.29, 1.82) is 0 Å². The predicted molar refractivity (Wildman–Crippen MR) is 87.4 cm³/mol. The van der Waals surface area contributed by atoms with E-state index in [9.17, 15) is 22.8 Å². The maximum Gasteiger partial charge on any atom is 0.412 e. The molecule has 3 N–H and O–H groups in total. The molecule has 0 saturated heterocycles. The van der Waals surface area contributed by atoms with Gasteiger partial charge in [0.05, 0.1) is 0 Å². The molecule has 0 bridgehead atoms. The van der Waals surface area contributed by atoms with Gasteiger partial charge in [0.2, 0.25) is 5.91 Å². The number of carbonyl (C=O) groups is 2. The van der Waals surface area contributed by atoms with Crippen LogP contribution in [0.1, 0.15) is 32.5 Å².